The van der Waals surface area contributed by atoms with Crippen LogP contribution in [-0.2, 0) is 14.3 Å². The van der Waals surface area contributed by atoms with Crippen LogP contribution in [0.1, 0.15) is 46.5 Å². The van der Waals surface area contributed by atoms with E-state index in [-0.39, 0.29) is 12.4 Å². The van der Waals surface area contributed by atoms with E-state index in [9.17, 15) is 9.59 Å². The molecule has 0 atom stereocenters. The Balaban J connectivity index is 4.01. The van der Waals surface area contributed by atoms with Crippen LogP contribution in [0.25, 0.3) is 0 Å². The molecule has 0 spiro atoms. The summed E-state index contributed by atoms with van der Waals surface area (Å²) in [5, 5.41) is 8.46. The van der Waals surface area contributed by atoms with Gasteiger partial charge in [-0.3, -0.25) is 4.79 Å². The Morgan fingerprint density at radius 2 is 1.69 bits per heavy atom. The molecule has 0 radical (unpaired) electrons. The molecule has 0 amide bonds. The van der Waals surface area contributed by atoms with E-state index in [2.05, 4.69) is 0 Å². The number of allylic oxidation sites excluding steroid dienone is 1. The molecular weight excluding hydrogens is 208 g/mol. The maximum absolute atomic E-state index is 11.4. The molecule has 0 aromatic carbocycles. The van der Waals surface area contributed by atoms with Crippen molar-refractivity contribution >= 4 is 11.9 Å². The lowest BCUT2D eigenvalue weighted by Crippen LogP contribution is -2.07. The Morgan fingerprint density at radius 1 is 1.12 bits per heavy atom. The quantitative estimate of drug-likeness (QED) is 0.413. The van der Waals surface area contributed by atoms with Gasteiger partial charge in [-0.2, -0.15) is 0 Å². The van der Waals surface area contributed by atoms with Gasteiger partial charge in [-0.05, 0) is 40.0 Å². The number of hydrogen-bond donors (Lipinski definition) is 1. The van der Waals surface area contributed by atoms with Crippen LogP contribution in [0.2, 0.25) is 0 Å². The Hall–Kier alpha value is -1.32. The molecule has 4 nitrogen and oxygen atoms in total. The number of carbonyl (C=O) groups is 2. The van der Waals surface area contributed by atoms with Crippen LogP contribution in [0.5, 0.6) is 0 Å². The number of esters is 1. The fourth-order valence-corrected chi connectivity index (χ4v) is 1.27. The smallest absolute Gasteiger partial charge is 0.333 e. The highest BCUT2D eigenvalue weighted by Gasteiger charge is 2.08. The molecule has 92 valence electrons. The Bertz CT molecular complexity index is 279. The van der Waals surface area contributed by atoms with Crippen molar-refractivity contribution in [3.8, 4) is 0 Å². The first-order valence-electron chi connectivity index (χ1n) is 5.54. The summed E-state index contributed by atoms with van der Waals surface area (Å²) < 4.78 is 4.88. The molecule has 0 aromatic rings. The number of aliphatic carboxylic acids is 1. The molecule has 0 heterocycles. The fraction of sp³-hybridized carbons (Fsp3) is 0.667. The average Bonchev–Trinajstić information content (AvgIpc) is 2.23. The SMILES string of the molecule is CCOC(=O)/C(C)=C(/C)CCCCC(=O)O. The van der Waals surface area contributed by atoms with E-state index < -0.39 is 5.97 Å². The second kappa shape index (κ2) is 7.91. The van der Waals surface area contributed by atoms with Gasteiger partial charge in [0, 0.05) is 12.0 Å². The minimum Gasteiger partial charge on any atom is -0.481 e. The molecule has 1 N–H and O–H groups in total. The summed E-state index contributed by atoms with van der Waals surface area (Å²) in [5.41, 5.74) is 1.61. The first-order valence-corrected chi connectivity index (χ1v) is 5.54. The highest BCUT2D eigenvalue weighted by Crippen LogP contribution is 2.14. The monoisotopic (exact) mass is 228 g/mol. The maximum atomic E-state index is 11.4. The predicted octanol–water partition coefficient (Wildman–Crippen LogP) is 2.53. The summed E-state index contributed by atoms with van der Waals surface area (Å²) in [6.07, 6.45) is 2.36. The van der Waals surface area contributed by atoms with Crippen LogP contribution >= 0.6 is 0 Å². The van der Waals surface area contributed by atoms with Crippen molar-refractivity contribution in [2.45, 2.75) is 46.5 Å². The molecule has 4 heteroatoms. The van der Waals surface area contributed by atoms with Gasteiger partial charge in [0.25, 0.3) is 0 Å². The number of ether oxygens (including phenoxy) is 1. The molecule has 0 fully saturated rings. The molecule has 0 saturated carbocycles. The first-order chi connectivity index (χ1) is 7.49. The van der Waals surface area contributed by atoms with Gasteiger partial charge in [0.1, 0.15) is 0 Å². The summed E-state index contributed by atoms with van der Waals surface area (Å²) in [7, 11) is 0. The fourth-order valence-electron chi connectivity index (χ4n) is 1.27. The summed E-state index contributed by atoms with van der Waals surface area (Å²) in [5.74, 6) is -1.05. The average molecular weight is 228 g/mol. The zero-order valence-corrected chi connectivity index (χ0v) is 10.2. The molecule has 0 aliphatic heterocycles. The summed E-state index contributed by atoms with van der Waals surface area (Å²) >= 11 is 0. The number of carboxylic acid groups (broad SMARTS) is 1. The van der Waals surface area contributed by atoms with Gasteiger partial charge in [0.15, 0.2) is 0 Å². The molecule has 0 aromatic heterocycles. The van der Waals surface area contributed by atoms with Crippen molar-refractivity contribution in [3.05, 3.63) is 11.1 Å². The Morgan fingerprint density at radius 3 is 2.19 bits per heavy atom. The number of carbonyl (C=O) groups excluding carboxylic acids is 1. The highest BCUT2D eigenvalue weighted by molar-refractivity contribution is 5.88. The van der Waals surface area contributed by atoms with E-state index in [1.807, 2.05) is 6.92 Å². The van der Waals surface area contributed by atoms with Crippen LogP contribution in [-0.4, -0.2) is 23.7 Å². The van der Waals surface area contributed by atoms with Crippen molar-refractivity contribution in [1.29, 1.82) is 0 Å². The van der Waals surface area contributed by atoms with Crippen LogP contribution < -0.4 is 0 Å². The minimum absolute atomic E-state index is 0.186. The van der Waals surface area contributed by atoms with Crippen LogP contribution in [0.4, 0.5) is 0 Å². The van der Waals surface area contributed by atoms with Gasteiger partial charge in [0.05, 0.1) is 6.61 Å². The molecular formula is C12H20O4. The third-order valence-electron chi connectivity index (χ3n) is 2.41. The van der Waals surface area contributed by atoms with Crippen LogP contribution in [0.15, 0.2) is 11.1 Å². The summed E-state index contributed by atoms with van der Waals surface area (Å²) in [6.45, 7) is 5.77. The van der Waals surface area contributed by atoms with Gasteiger partial charge < -0.3 is 9.84 Å². The standard InChI is InChI=1S/C12H20O4/c1-4-16-12(15)10(3)9(2)7-5-6-8-11(13)14/h4-8H2,1-3H3,(H,13,14)/b10-9-. The van der Waals surface area contributed by atoms with Gasteiger partial charge in [-0.25, -0.2) is 4.79 Å². The van der Waals surface area contributed by atoms with E-state index in [0.717, 1.165) is 18.4 Å². The second-order valence-corrected chi connectivity index (χ2v) is 3.73. The third kappa shape index (κ3) is 6.22. The number of rotatable bonds is 7. The molecule has 0 saturated heterocycles. The first kappa shape index (κ1) is 14.7. The predicted molar refractivity (Wildman–Crippen MR) is 61.1 cm³/mol. The van der Waals surface area contributed by atoms with Crippen molar-refractivity contribution in [1.82, 2.24) is 0 Å². The molecule has 16 heavy (non-hydrogen) atoms. The zero-order valence-electron chi connectivity index (χ0n) is 10.2. The van der Waals surface area contributed by atoms with Crippen molar-refractivity contribution in [2.24, 2.45) is 0 Å². The topological polar surface area (TPSA) is 63.6 Å². The zero-order chi connectivity index (χ0) is 12.6. The van der Waals surface area contributed by atoms with Crippen LogP contribution in [0.3, 0.4) is 0 Å². The summed E-state index contributed by atoms with van der Waals surface area (Å²) in [4.78, 5) is 21.6. The molecule has 0 unspecified atom stereocenters. The normalized spacial score (nSPS) is 11.9. The third-order valence-corrected chi connectivity index (χ3v) is 2.41. The maximum Gasteiger partial charge on any atom is 0.333 e. The highest BCUT2D eigenvalue weighted by atomic mass is 16.5. The molecule has 0 bridgehead atoms. The van der Waals surface area contributed by atoms with Gasteiger partial charge in [-0.15, -0.1) is 0 Å². The Kier molecular flexibility index (Phi) is 7.25. The van der Waals surface area contributed by atoms with E-state index in [1.165, 1.54) is 0 Å². The van der Waals surface area contributed by atoms with Crippen molar-refractivity contribution in [3.63, 3.8) is 0 Å². The Labute approximate surface area is 96.3 Å². The lowest BCUT2D eigenvalue weighted by molar-refractivity contribution is -0.139. The van der Waals surface area contributed by atoms with Gasteiger partial charge in [-0.1, -0.05) is 5.57 Å². The second-order valence-electron chi connectivity index (χ2n) is 3.73. The molecule has 0 aliphatic carbocycles. The van der Waals surface area contributed by atoms with E-state index >= 15 is 0 Å². The largest absolute Gasteiger partial charge is 0.481 e. The van der Waals surface area contributed by atoms with Crippen LogP contribution in [0, 0.1) is 0 Å². The lowest BCUT2D eigenvalue weighted by Gasteiger charge is -2.06. The van der Waals surface area contributed by atoms with E-state index in [1.54, 1.807) is 13.8 Å². The minimum atomic E-state index is -0.774. The van der Waals surface area contributed by atoms with Gasteiger partial charge in [0.2, 0.25) is 0 Å². The molecule has 0 aliphatic rings. The molecule has 0 rings (SSSR count). The van der Waals surface area contributed by atoms with E-state index in [0.29, 0.717) is 18.6 Å². The summed E-state index contributed by atoms with van der Waals surface area (Å²) in [6, 6.07) is 0. The van der Waals surface area contributed by atoms with E-state index in [4.69, 9.17) is 9.84 Å². The van der Waals surface area contributed by atoms with Crippen molar-refractivity contribution < 1.29 is 19.4 Å². The number of carboxylic acids is 1. The van der Waals surface area contributed by atoms with Gasteiger partial charge >= 0.3 is 11.9 Å². The lowest BCUT2D eigenvalue weighted by atomic mass is 10.0. The number of hydrogen-bond acceptors (Lipinski definition) is 3. The van der Waals surface area contributed by atoms with Crippen molar-refractivity contribution in [2.75, 3.05) is 6.61 Å². The number of unbranched alkanes of at least 4 members (excludes halogenated alkanes) is 1.